The fourth-order valence-electron chi connectivity index (χ4n) is 7.43. The number of Topliss-reactive ketones (excluding diaryl/α,β-unsaturated/α-hetero) is 2. The van der Waals surface area contributed by atoms with Crippen molar-refractivity contribution in [3.8, 4) is 22.5 Å². The van der Waals surface area contributed by atoms with Crippen molar-refractivity contribution in [1.29, 1.82) is 0 Å². The van der Waals surface area contributed by atoms with Crippen LogP contribution in [-0.2, 0) is 18.9 Å². The van der Waals surface area contributed by atoms with Gasteiger partial charge in [-0.1, -0.05) is 100 Å². The van der Waals surface area contributed by atoms with Crippen LogP contribution in [0.15, 0.2) is 97.1 Å². The predicted octanol–water partition coefficient (Wildman–Crippen LogP) is 6.87. The number of pyridine rings is 2. The van der Waals surface area contributed by atoms with E-state index in [1.54, 1.807) is 58.0 Å². The van der Waals surface area contributed by atoms with Crippen LogP contribution in [0.5, 0.6) is 0 Å². The molecule has 1 aliphatic rings. The van der Waals surface area contributed by atoms with Crippen LogP contribution >= 0.6 is 0 Å². The highest BCUT2D eigenvalue weighted by Crippen LogP contribution is 2.38. The molecule has 0 bridgehead atoms. The number of carbonyl (C=O) groups excluding carboxylic acids is 4. The summed E-state index contributed by atoms with van der Waals surface area (Å²) in [4.78, 5) is 60.9. The van der Waals surface area contributed by atoms with Crippen molar-refractivity contribution in [3.05, 3.63) is 108 Å². The van der Waals surface area contributed by atoms with Gasteiger partial charge in [-0.05, 0) is 118 Å². The summed E-state index contributed by atoms with van der Waals surface area (Å²) in [5.41, 5.74) is 0.466. The molecule has 2 amide bonds. The second kappa shape index (κ2) is 27.6. The van der Waals surface area contributed by atoms with Crippen LogP contribution in [0.3, 0.4) is 0 Å². The minimum atomic E-state index is -1.73. The molecule has 18 heteroatoms. The second-order valence-electron chi connectivity index (χ2n) is 22.1. The molecule has 3 heterocycles. The predicted molar refractivity (Wildman–Crippen MR) is 289 cm³/mol. The first-order valence-electron chi connectivity index (χ1n) is 25.5. The smallest absolute Gasteiger partial charge is 0.426 e. The van der Waals surface area contributed by atoms with E-state index in [-0.39, 0.29) is 47.6 Å². The Bertz CT molecular complexity index is 2380. The molecule has 404 valence electrons. The highest BCUT2D eigenvalue weighted by molar-refractivity contribution is 6.48. The molecule has 74 heavy (non-hydrogen) atoms. The number of aliphatic hydroxyl groups is 4. The number of amides is 2. The van der Waals surface area contributed by atoms with Crippen LogP contribution < -0.4 is 10.6 Å². The van der Waals surface area contributed by atoms with E-state index in [0.29, 0.717) is 24.2 Å². The van der Waals surface area contributed by atoms with Crippen LogP contribution in [0, 0.1) is 23.7 Å². The minimum Gasteiger partial charge on any atom is -0.426 e. The van der Waals surface area contributed by atoms with E-state index in [0.717, 1.165) is 11.1 Å². The number of aromatic nitrogens is 2. The summed E-state index contributed by atoms with van der Waals surface area (Å²) in [6.45, 7) is 25.0. The second-order valence-corrected chi connectivity index (χ2v) is 22.1. The summed E-state index contributed by atoms with van der Waals surface area (Å²) < 4.78 is 12.4. The van der Waals surface area contributed by atoms with Gasteiger partial charge in [-0.15, -0.1) is 0 Å². The Morgan fingerprint density at radius 3 is 1.27 bits per heavy atom. The van der Waals surface area contributed by atoms with Crippen LogP contribution in [0.25, 0.3) is 22.5 Å². The maximum Gasteiger partial charge on any atom is 0.481 e. The number of rotatable bonds is 21. The Morgan fingerprint density at radius 2 is 0.946 bits per heavy atom. The molecule has 1 aliphatic heterocycles. The lowest BCUT2D eigenvalue weighted by Crippen LogP contribution is -2.51. The van der Waals surface area contributed by atoms with Gasteiger partial charge >= 0.3 is 14.2 Å². The number of nitrogens with zero attached hydrogens (tertiary/aromatic N) is 2. The van der Waals surface area contributed by atoms with Gasteiger partial charge in [0.2, 0.25) is 11.8 Å². The van der Waals surface area contributed by atoms with E-state index in [9.17, 15) is 39.4 Å². The van der Waals surface area contributed by atoms with Gasteiger partial charge in [0.05, 0.1) is 69.7 Å². The number of benzene rings is 2. The molecule has 0 saturated carbocycles. The topological polar surface area (TPSA) is 258 Å². The maximum absolute atomic E-state index is 13.4. The molecule has 4 aromatic rings. The fourth-order valence-corrected chi connectivity index (χ4v) is 7.43. The van der Waals surface area contributed by atoms with E-state index in [1.807, 2.05) is 108 Å². The molecular formula is C56H82B2N4O12. The third-order valence-corrected chi connectivity index (χ3v) is 13.4. The van der Waals surface area contributed by atoms with Gasteiger partial charge in [0.15, 0.2) is 11.6 Å². The molecule has 16 nitrogen and oxygen atoms in total. The first-order chi connectivity index (χ1) is 34.2. The molecule has 0 unspecified atom stereocenters. The normalized spacial score (nSPS) is 16.5. The van der Waals surface area contributed by atoms with Crippen LogP contribution in [-0.4, -0.2) is 125 Å². The van der Waals surface area contributed by atoms with E-state index in [2.05, 4.69) is 34.4 Å². The Morgan fingerprint density at radius 1 is 0.581 bits per heavy atom. The molecule has 8 N–H and O–H groups in total. The highest BCUT2D eigenvalue weighted by Gasteiger charge is 2.54. The zero-order valence-corrected chi connectivity index (χ0v) is 45.9. The standard InChI is InChI=1S/C28H39BN2O5.C22H29BN2O5.C6H14O2/c1-18(2)16-25(29-35-27(4,5)28(6,7)36-29)31-26(34)21(19(3)32)17-24(33)23-15-11-14-22(30-23)20-12-9-8-10-13-20;1-14(2)12-21(23(29)30)25-22(28)17(15(3)26)13-20(27)19-11-7-10-18(24-19)16-8-5-4-6-9-16;1-5(2,7)6(3,4)8/h8-15,18-19,21,25,32H,16-17H2,1-7H3,(H,31,34);4-11,14-15,17,21,26,29-30H,12-13H2,1-3H3,(H,25,28);7-8H,1-4H3/t19-,21+,25+;15-,17+,21+;/m11./s1. The summed E-state index contributed by atoms with van der Waals surface area (Å²) >= 11 is 0. The number of carbonyl (C=O) groups is 4. The van der Waals surface area contributed by atoms with Crippen molar-refractivity contribution >= 4 is 37.6 Å². The van der Waals surface area contributed by atoms with Crippen molar-refractivity contribution in [2.24, 2.45) is 23.7 Å². The Hall–Kier alpha value is -5.17. The summed E-state index contributed by atoms with van der Waals surface area (Å²) in [6, 6.07) is 29.3. The Balaban J connectivity index is 0.000000344. The third kappa shape index (κ3) is 19.2. The van der Waals surface area contributed by atoms with Gasteiger partial charge in [-0.3, -0.25) is 19.2 Å². The van der Waals surface area contributed by atoms with E-state index >= 15 is 0 Å². The largest absolute Gasteiger partial charge is 0.481 e. The number of nitrogens with one attached hydrogen (secondary N) is 2. The highest BCUT2D eigenvalue weighted by atomic mass is 16.7. The fraction of sp³-hybridized carbons (Fsp3) is 0.536. The zero-order chi connectivity index (χ0) is 55.9. The first kappa shape index (κ1) is 63.1. The van der Waals surface area contributed by atoms with Crippen LogP contribution in [0.2, 0.25) is 0 Å². The van der Waals surface area contributed by atoms with Gasteiger partial charge in [-0.2, -0.15) is 0 Å². The molecule has 1 saturated heterocycles. The average molecular weight is 1020 g/mol. The SMILES string of the molecule is CC(C)(O)C(C)(C)O.CC(C)C[C@H](NC(=O)[C@@H](CC(=O)c1cccc(-c2ccccc2)n1)[C@@H](C)O)B(O)O.CC(C)C[C@H](NC(=O)[C@@H](CC(=O)c1cccc(-c2ccccc2)n1)[C@@H](C)O)B1OC(C)(C)C(C)(C)O1. The van der Waals surface area contributed by atoms with Gasteiger partial charge in [0.1, 0.15) is 11.4 Å². The monoisotopic (exact) mass is 1020 g/mol. The first-order valence-corrected chi connectivity index (χ1v) is 25.5. The van der Waals surface area contributed by atoms with Gasteiger partial charge in [0.25, 0.3) is 0 Å². The van der Waals surface area contributed by atoms with Gasteiger partial charge < -0.3 is 50.4 Å². The van der Waals surface area contributed by atoms with Crippen molar-refractivity contribution in [1.82, 2.24) is 20.6 Å². The van der Waals surface area contributed by atoms with Crippen LogP contribution in [0.1, 0.15) is 144 Å². The number of hydrogen-bond donors (Lipinski definition) is 8. The summed E-state index contributed by atoms with van der Waals surface area (Å²) in [7, 11) is -2.36. The Kier molecular flexibility index (Phi) is 23.5. The van der Waals surface area contributed by atoms with E-state index in [1.165, 1.54) is 13.8 Å². The van der Waals surface area contributed by atoms with Crippen molar-refractivity contribution in [2.75, 3.05) is 0 Å². The van der Waals surface area contributed by atoms with E-state index < -0.39 is 84.4 Å². The zero-order valence-electron chi connectivity index (χ0n) is 45.9. The van der Waals surface area contributed by atoms with Gasteiger partial charge in [-0.25, -0.2) is 9.97 Å². The van der Waals surface area contributed by atoms with Crippen molar-refractivity contribution in [2.45, 2.75) is 169 Å². The molecule has 2 aromatic carbocycles. The Labute approximate surface area is 439 Å². The van der Waals surface area contributed by atoms with E-state index in [4.69, 9.17) is 19.5 Å². The molecule has 5 rings (SSSR count). The number of hydrogen-bond acceptors (Lipinski definition) is 14. The molecule has 0 radical (unpaired) electrons. The van der Waals surface area contributed by atoms with Crippen molar-refractivity contribution in [3.63, 3.8) is 0 Å². The summed E-state index contributed by atoms with van der Waals surface area (Å²) in [5.74, 6) is -4.56. The average Bonchev–Trinajstić information content (AvgIpc) is 3.54. The number of ketones is 2. The molecule has 1 fully saturated rings. The maximum atomic E-state index is 13.4. The third-order valence-electron chi connectivity index (χ3n) is 13.4. The van der Waals surface area contributed by atoms with Crippen molar-refractivity contribution < 1.29 is 59.0 Å². The lowest BCUT2D eigenvalue weighted by molar-refractivity contribution is -0.129. The molecule has 0 spiro atoms. The molecule has 6 atom stereocenters. The number of aliphatic hydroxyl groups excluding tert-OH is 2. The summed E-state index contributed by atoms with van der Waals surface area (Å²) in [5, 5.41) is 63.4. The lowest BCUT2D eigenvalue weighted by atomic mass is 9.73. The molecule has 0 aliphatic carbocycles. The minimum absolute atomic E-state index is 0.119. The van der Waals surface area contributed by atoms with Gasteiger partial charge in [0, 0.05) is 24.0 Å². The molecular weight excluding hydrogens is 942 g/mol. The quantitative estimate of drug-likeness (QED) is 0.0313. The van der Waals surface area contributed by atoms with Crippen LogP contribution in [0.4, 0.5) is 0 Å². The lowest BCUT2D eigenvalue weighted by Gasteiger charge is -2.32. The summed E-state index contributed by atoms with van der Waals surface area (Å²) in [6.07, 6.45) is -1.54. The molecule has 2 aromatic heterocycles.